The van der Waals surface area contributed by atoms with E-state index in [1.807, 2.05) is 48.5 Å². The highest BCUT2D eigenvalue weighted by molar-refractivity contribution is 6.32. The maximum absolute atomic E-state index is 13.6. The first-order chi connectivity index (χ1) is 27.1. The standard InChI is InChI=1S/C37H44ClN7O11/c1-4-5-13-30-39-34(38)31(44(30)19-24-14-16-25(17-15-24)26-11-6-7-12-27(26)35-40-42-43-41-35)36(46)53-23(3)54-37(47)55-29-21-52-32-28(20-51-33(29)32)50-18-9-8-10-22(2)56-45(48)49/h6-7,11-12,14-17,22-23,28-29,32-33H,4-5,8-10,13,18-21H2,1-3H3,(H,40,41,42,43)/t22?,23?,28-,29-,32?,33?/m1/s1. The van der Waals surface area contributed by atoms with Gasteiger partial charge in [-0.25, -0.2) is 14.6 Å². The minimum Gasteiger partial charge on any atom is -0.426 e. The van der Waals surface area contributed by atoms with Gasteiger partial charge < -0.3 is 37.8 Å². The van der Waals surface area contributed by atoms with Crippen LogP contribution in [-0.4, -0.2) is 104 Å². The molecule has 19 heteroatoms. The second kappa shape index (κ2) is 19.1. The highest BCUT2D eigenvalue weighted by atomic mass is 35.5. The number of fused-ring (bicyclic) bond motifs is 1. The maximum atomic E-state index is 13.6. The fourth-order valence-corrected chi connectivity index (χ4v) is 6.97. The molecule has 6 rings (SSSR count). The lowest BCUT2D eigenvalue weighted by atomic mass is 9.98. The van der Waals surface area contributed by atoms with Gasteiger partial charge in [0.25, 0.3) is 5.09 Å². The number of aromatic nitrogens is 6. The summed E-state index contributed by atoms with van der Waals surface area (Å²) >= 11 is 6.55. The van der Waals surface area contributed by atoms with Gasteiger partial charge in [-0.15, -0.1) is 20.3 Å². The molecule has 4 unspecified atom stereocenters. The largest absolute Gasteiger partial charge is 0.511 e. The van der Waals surface area contributed by atoms with Gasteiger partial charge >= 0.3 is 12.1 Å². The Morgan fingerprint density at radius 3 is 2.46 bits per heavy atom. The number of unbranched alkanes of at least 4 members (excludes halogenated alkanes) is 2. The molecule has 2 aliphatic rings. The highest BCUT2D eigenvalue weighted by Gasteiger charge is 2.50. The van der Waals surface area contributed by atoms with E-state index in [1.165, 1.54) is 6.92 Å². The van der Waals surface area contributed by atoms with Crippen molar-refractivity contribution in [2.45, 2.75) is 103 Å². The number of hydrogen-bond donors (Lipinski definition) is 1. The van der Waals surface area contributed by atoms with Crippen molar-refractivity contribution < 1.29 is 47.9 Å². The summed E-state index contributed by atoms with van der Waals surface area (Å²) in [5.41, 5.74) is 3.61. The second-order valence-corrected chi connectivity index (χ2v) is 13.8. The number of imidazole rings is 1. The van der Waals surface area contributed by atoms with E-state index in [1.54, 1.807) is 11.5 Å². The number of tetrazole rings is 1. The van der Waals surface area contributed by atoms with E-state index >= 15 is 0 Å². The molecule has 6 atom stereocenters. The molecule has 0 amide bonds. The molecular weight excluding hydrogens is 754 g/mol. The minimum atomic E-state index is -1.33. The second-order valence-electron chi connectivity index (χ2n) is 13.5. The number of nitrogens with one attached hydrogen (secondary N) is 1. The first kappa shape index (κ1) is 40.5. The zero-order valence-corrected chi connectivity index (χ0v) is 32.0. The molecule has 4 heterocycles. The van der Waals surface area contributed by atoms with Crippen molar-refractivity contribution in [1.29, 1.82) is 0 Å². The molecule has 0 saturated carbocycles. The summed E-state index contributed by atoms with van der Waals surface area (Å²) in [4.78, 5) is 45.8. The van der Waals surface area contributed by atoms with Gasteiger partial charge in [0, 0.05) is 32.1 Å². The van der Waals surface area contributed by atoms with Crippen LogP contribution in [0.25, 0.3) is 22.5 Å². The summed E-state index contributed by atoms with van der Waals surface area (Å²) in [6.07, 6.45) is -0.859. The van der Waals surface area contributed by atoms with Crippen LogP contribution in [-0.2, 0) is 46.2 Å². The van der Waals surface area contributed by atoms with Crippen molar-refractivity contribution in [3.8, 4) is 22.5 Å². The summed E-state index contributed by atoms with van der Waals surface area (Å²) in [5.74, 6) is 0.284. The molecule has 18 nitrogen and oxygen atoms in total. The first-order valence-corrected chi connectivity index (χ1v) is 18.9. The number of ether oxygens (including phenoxy) is 6. The fraction of sp³-hybridized carbons (Fsp3) is 0.514. The van der Waals surface area contributed by atoms with E-state index in [9.17, 15) is 19.7 Å². The number of carbonyl (C=O) groups excluding carboxylic acids is 2. The van der Waals surface area contributed by atoms with Gasteiger partial charge in [0.1, 0.15) is 30.2 Å². The quantitative estimate of drug-likeness (QED) is 0.0393. The van der Waals surface area contributed by atoms with Gasteiger partial charge in [-0.1, -0.05) is 73.5 Å². The smallest absolute Gasteiger partial charge is 0.426 e. The van der Waals surface area contributed by atoms with E-state index in [-0.39, 0.29) is 36.7 Å². The molecule has 4 aromatic rings. The van der Waals surface area contributed by atoms with Crippen LogP contribution >= 0.6 is 11.6 Å². The molecule has 0 radical (unpaired) electrons. The molecule has 56 heavy (non-hydrogen) atoms. The number of benzene rings is 2. The average Bonchev–Trinajstić information content (AvgIpc) is 3.98. The van der Waals surface area contributed by atoms with Crippen LogP contribution < -0.4 is 0 Å². The van der Waals surface area contributed by atoms with Crippen molar-refractivity contribution in [3.05, 3.63) is 80.9 Å². The molecule has 2 aliphatic heterocycles. The van der Waals surface area contributed by atoms with Gasteiger partial charge in [0.15, 0.2) is 17.0 Å². The number of aryl methyl sites for hydroxylation is 1. The van der Waals surface area contributed by atoms with Crippen LogP contribution in [0.2, 0.25) is 5.15 Å². The molecule has 2 fully saturated rings. The Morgan fingerprint density at radius 2 is 1.75 bits per heavy atom. The zero-order valence-electron chi connectivity index (χ0n) is 31.2. The third kappa shape index (κ3) is 10.2. The number of carbonyl (C=O) groups is 2. The molecule has 2 aromatic carbocycles. The van der Waals surface area contributed by atoms with Gasteiger partial charge in [-0.3, -0.25) is 0 Å². The molecule has 0 aliphatic carbocycles. The molecular formula is C37H44ClN7O11. The predicted molar refractivity (Wildman–Crippen MR) is 197 cm³/mol. The lowest BCUT2D eigenvalue weighted by molar-refractivity contribution is -0.767. The van der Waals surface area contributed by atoms with Crippen LogP contribution in [0.15, 0.2) is 48.5 Å². The lowest BCUT2D eigenvalue weighted by Crippen LogP contribution is -2.36. The average molecular weight is 798 g/mol. The highest BCUT2D eigenvalue weighted by Crippen LogP contribution is 2.32. The Kier molecular flexibility index (Phi) is 13.8. The van der Waals surface area contributed by atoms with Gasteiger partial charge in [0.2, 0.25) is 12.1 Å². The summed E-state index contributed by atoms with van der Waals surface area (Å²) in [6, 6.07) is 15.6. The number of aromatic amines is 1. The van der Waals surface area contributed by atoms with Gasteiger partial charge in [-0.2, -0.15) is 5.21 Å². The third-order valence-electron chi connectivity index (χ3n) is 9.42. The normalized spacial score (nSPS) is 19.9. The third-order valence-corrected chi connectivity index (χ3v) is 9.68. The Hall–Kier alpha value is -5.17. The van der Waals surface area contributed by atoms with Gasteiger partial charge in [0.05, 0.1) is 13.2 Å². The van der Waals surface area contributed by atoms with Gasteiger partial charge in [-0.05, 0) is 54.5 Å². The molecule has 2 saturated heterocycles. The Labute approximate surface area is 327 Å². The van der Waals surface area contributed by atoms with Crippen molar-refractivity contribution in [2.75, 3.05) is 19.8 Å². The van der Waals surface area contributed by atoms with E-state index in [0.29, 0.717) is 43.9 Å². The molecule has 2 aromatic heterocycles. The lowest BCUT2D eigenvalue weighted by Gasteiger charge is -2.19. The number of esters is 1. The van der Waals surface area contributed by atoms with E-state index in [4.69, 9.17) is 40.0 Å². The Morgan fingerprint density at radius 1 is 1.02 bits per heavy atom. The first-order valence-electron chi connectivity index (χ1n) is 18.5. The summed E-state index contributed by atoms with van der Waals surface area (Å²) in [7, 11) is 0. The van der Waals surface area contributed by atoms with Crippen molar-refractivity contribution in [3.63, 3.8) is 0 Å². The number of rotatable bonds is 19. The topological polar surface area (TPSA) is 214 Å². The van der Waals surface area contributed by atoms with Crippen LogP contribution in [0.5, 0.6) is 0 Å². The Balaban J connectivity index is 1.02. The van der Waals surface area contributed by atoms with Crippen molar-refractivity contribution in [2.24, 2.45) is 0 Å². The molecule has 0 bridgehead atoms. The van der Waals surface area contributed by atoms with Crippen LogP contribution in [0, 0.1) is 10.1 Å². The summed E-state index contributed by atoms with van der Waals surface area (Å²) < 4.78 is 35.6. The number of halogens is 1. The monoisotopic (exact) mass is 797 g/mol. The van der Waals surface area contributed by atoms with Crippen molar-refractivity contribution >= 4 is 23.7 Å². The molecule has 1 N–H and O–H groups in total. The number of hydrogen-bond acceptors (Lipinski definition) is 15. The Bertz CT molecular complexity index is 1930. The molecule has 0 spiro atoms. The summed E-state index contributed by atoms with van der Waals surface area (Å²) in [5, 5.41) is 24.1. The van der Waals surface area contributed by atoms with E-state index < -0.39 is 47.9 Å². The van der Waals surface area contributed by atoms with E-state index in [2.05, 4.69) is 37.4 Å². The predicted octanol–water partition coefficient (Wildman–Crippen LogP) is 5.75. The minimum absolute atomic E-state index is 0.0238. The number of nitrogens with zero attached hydrogens (tertiary/aromatic N) is 6. The number of H-pyrrole nitrogens is 1. The van der Waals surface area contributed by atoms with Crippen molar-refractivity contribution in [1.82, 2.24) is 30.2 Å². The molecule has 300 valence electrons. The zero-order chi connectivity index (χ0) is 39.6. The maximum Gasteiger partial charge on any atom is 0.511 e. The SMILES string of the molecule is CCCCc1nc(Cl)c(C(=O)OC(C)OC(=O)O[C@@H]2COC3C2OC[C@H]3OCCCCC(C)O[N+](=O)[O-])n1Cc1ccc(-c2ccccc2-c2nn[nH]n2)cc1. The van der Waals surface area contributed by atoms with Crippen LogP contribution in [0.4, 0.5) is 4.79 Å². The fourth-order valence-electron chi connectivity index (χ4n) is 6.69. The van der Waals surface area contributed by atoms with Crippen LogP contribution in [0.1, 0.15) is 74.8 Å². The van der Waals surface area contributed by atoms with E-state index in [0.717, 1.165) is 35.1 Å². The summed E-state index contributed by atoms with van der Waals surface area (Å²) in [6.45, 7) is 6.08. The van der Waals surface area contributed by atoms with Crippen LogP contribution in [0.3, 0.4) is 0 Å².